The monoisotopic (exact) mass is 317 g/mol. The SMILES string of the molecule is COC(=O)CN(C(=O)C1CCCCS1(=O)=O)C1CCCC1. The van der Waals surface area contributed by atoms with Gasteiger partial charge in [0.1, 0.15) is 11.8 Å². The Balaban J connectivity index is 2.18. The Morgan fingerprint density at radius 1 is 1.10 bits per heavy atom. The molecule has 1 saturated heterocycles. The fourth-order valence-corrected chi connectivity index (χ4v) is 5.08. The number of amides is 1. The summed E-state index contributed by atoms with van der Waals surface area (Å²) < 4.78 is 28.9. The van der Waals surface area contributed by atoms with Crippen LogP contribution in [-0.4, -0.2) is 55.9 Å². The molecule has 1 unspecified atom stereocenters. The van der Waals surface area contributed by atoms with Gasteiger partial charge in [-0.3, -0.25) is 9.59 Å². The van der Waals surface area contributed by atoms with Crippen LogP contribution in [0.3, 0.4) is 0 Å². The summed E-state index contributed by atoms with van der Waals surface area (Å²) >= 11 is 0. The summed E-state index contributed by atoms with van der Waals surface area (Å²) in [5, 5.41) is -0.975. The summed E-state index contributed by atoms with van der Waals surface area (Å²) in [4.78, 5) is 25.7. The minimum Gasteiger partial charge on any atom is -0.468 e. The Kier molecular flexibility index (Phi) is 5.24. The van der Waals surface area contributed by atoms with Crippen LogP contribution in [0.5, 0.6) is 0 Å². The minimum absolute atomic E-state index is 0.0336. The summed E-state index contributed by atoms with van der Waals surface area (Å²) in [5.74, 6) is -0.837. The molecule has 120 valence electrons. The standard InChI is InChI=1S/C14H23NO5S/c1-20-13(16)10-15(11-6-2-3-7-11)14(17)12-8-4-5-9-21(12,18)19/h11-12H,2-10H2,1H3. The number of carbonyl (C=O) groups excluding carboxylic acids is 2. The summed E-state index contributed by atoms with van der Waals surface area (Å²) in [5.41, 5.74) is 0. The maximum absolute atomic E-state index is 12.7. The van der Waals surface area contributed by atoms with Crippen LogP contribution in [0.15, 0.2) is 0 Å². The van der Waals surface area contributed by atoms with Crippen molar-refractivity contribution in [1.82, 2.24) is 4.90 Å². The number of hydrogen-bond acceptors (Lipinski definition) is 5. The van der Waals surface area contributed by atoms with E-state index in [2.05, 4.69) is 4.74 Å². The summed E-state index contributed by atoms with van der Waals surface area (Å²) in [6.07, 6.45) is 5.40. The average molecular weight is 317 g/mol. The lowest BCUT2D eigenvalue weighted by atomic mass is 10.1. The topological polar surface area (TPSA) is 80.8 Å². The van der Waals surface area contributed by atoms with Crippen LogP contribution in [0.1, 0.15) is 44.9 Å². The molecule has 7 heteroatoms. The van der Waals surface area contributed by atoms with Gasteiger partial charge in [-0.25, -0.2) is 8.42 Å². The molecule has 6 nitrogen and oxygen atoms in total. The molecule has 1 aliphatic carbocycles. The van der Waals surface area contributed by atoms with Gasteiger partial charge in [0.05, 0.1) is 12.9 Å². The third kappa shape index (κ3) is 3.75. The smallest absolute Gasteiger partial charge is 0.325 e. The van der Waals surface area contributed by atoms with Gasteiger partial charge in [-0.1, -0.05) is 19.3 Å². The Morgan fingerprint density at radius 3 is 2.29 bits per heavy atom. The van der Waals surface area contributed by atoms with Crippen LogP contribution in [0.4, 0.5) is 0 Å². The number of ether oxygens (including phenoxy) is 1. The van der Waals surface area contributed by atoms with Gasteiger partial charge < -0.3 is 9.64 Å². The lowest BCUT2D eigenvalue weighted by molar-refractivity contribution is -0.148. The minimum atomic E-state index is -3.38. The average Bonchev–Trinajstić information content (AvgIpc) is 2.97. The van der Waals surface area contributed by atoms with Crippen molar-refractivity contribution in [2.45, 2.75) is 56.2 Å². The Hall–Kier alpha value is -1.11. The highest BCUT2D eigenvalue weighted by molar-refractivity contribution is 7.92. The third-order valence-electron chi connectivity index (χ3n) is 4.43. The van der Waals surface area contributed by atoms with Crippen molar-refractivity contribution in [3.8, 4) is 0 Å². The molecule has 0 spiro atoms. The molecule has 2 rings (SSSR count). The molecule has 1 aliphatic heterocycles. The second kappa shape index (κ2) is 6.77. The third-order valence-corrected chi connectivity index (χ3v) is 6.59. The number of rotatable bonds is 4. The highest BCUT2D eigenvalue weighted by Crippen LogP contribution is 2.27. The number of methoxy groups -OCH3 is 1. The Morgan fingerprint density at radius 2 is 1.71 bits per heavy atom. The highest BCUT2D eigenvalue weighted by atomic mass is 32.2. The molecule has 2 fully saturated rings. The van der Waals surface area contributed by atoms with E-state index in [0.29, 0.717) is 12.8 Å². The molecule has 1 saturated carbocycles. The molecular formula is C14H23NO5S. The van der Waals surface area contributed by atoms with Gasteiger partial charge in [0.2, 0.25) is 5.91 Å². The van der Waals surface area contributed by atoms with Crippen LogP contribution in [0.2, 0.25) is 0 Å². The van der Waals surface area contributed by atoms with Crippen molar-refractivity contribution in [3.05, 3.63) is 0 Å². The Labute approximate surface area is 125 Å². The molecule has 0 radical (unpaired) electrons. The van der Waals surface area contributed by atoms with Crippen molar-refractivity contribution in [2.75, 3.05) is 19.4 Å². The van der Waals surface area contributed by atoms with Gasteiger partial charge in [0.15, 0.2) is 9.84 Å². The second-order valence-electron chi connectivity index (χ2n) is 5.83. The molecule has 21 heavy (non-hydrogen) atoms. The molecule has 1 amide bonds. The number of hydrogen-bond donors (Lipinski definition) is 0. The number of carbonyl (C=O) groups is 2. The van der Waals surface area contributed by atoms with E-state index in [9.17, 15) is 18.0 Å². The summed E-state index contributed by atoms with van der Waals surface area (Å²) in [6.45, 7) is -0.147. The molecule has 0 bridgehead atoms. The fraction of sp³-hybridized carbons (Fsp3) is 0.857. The zero-order valence-corrected chi connectivity index (χ0v) is 13.2. The molecule has 0 aromatic rings. The second-order valence-corrected chi connectivity index (χ2v) is 8.13. The van der Waals surface area contributed by atoms with E-state index in [1.807, 2.05) is 0 Å². The Bertz CT molecular complexity index is 495. The number of nitrogens with zero attached hydrogens (tertiary/aromatic N) is 1. The van der Waals surface area contributed by atoms with Crippen molar-refractivity contribution in [2.24, 2.45) is 0 Å². The lowest BCUT2D eigenvalue weighted by Gasteiger charge is -2.32. The number of esters is 1. The van der Waals surface area contributed by atoms with E-state index in [1.54, 1.807) is 0 Å². The van der Waals surface area contributed by atoms with Crippen LogP contribution in [0, 0.1) is 0 Å². The molecule has 1 heterocycles. The first kappa shape index (κ1) is 16.3. The van der Waals surface area contributed by atoms with E-state index in [-0.39, 0.29) is 18.3 Å². The van der Waals surface area contributed by atoms with Gasteiger partial charge in [-0.15, -0.1) is 0 Å². The largest absolute Gasteiger partial charge is 0.468 e. The van der Waals surface area contributed by atoms with Crippen molar-refractivity contribution >= 4 is 21.7 Å². The molecule has 0 aromatic heterocycles. The van der Waals surface area contributed by atoms with Crippen molar-refractivity contribution in [3.63, 3.8) is 0 Å². The van der Waals surface area contributed by atoms with E-state index in [0.717, 1.165) is 32.1 Å². The van der Waals surface area contributed by atoms with Crippen LogP contribution in [-0.2, 0) is 24.2 Å². The maximum Gasteiger partial charge on any atom is 0.325 e. The molecule has 1 atom stereocenters. The first-order valence-corrected chi connectivity index (χ1v) is 9.26. The fourth-order valence-electron chi connectivity index (χ4n) is 3.22. The van der Waals surface area contributed by atoms with E-state index >= 15 is 0 Å². The maximum atomic E-state index is 12.7. The zero-order valence-electron chi connectivity index (χ0n) is 12.4. The predicted octanol–water partition coefficient (Wildman–Crippen LogP) is 0.898. The van der Waals surface area contributed by atoms with Crippen LogP contribution >= 0.6 is 0 Å². The molecular weight excluding hydrogens is 294 g/mol. The lowest BCUT2D eigenvalue weighted by Crippen LogP contribution is -2.50. The van der Waals surface area contributed by atoms with E-state index in [1.165, 1.54) is 12.0 Å². The first-order chi connectivity index (χ1) is 9.95. The molecule has 2 aliphatic rings. The van der Waals surface area contributed by atoms with Crippen LogP contribution in [0.25, 0.3) is 0 Å². The van der Waals surface area contributed by atoms with Crippen molar-refractivity contribution < 1.29 is 22.7 Å². The van der Waals surface area contributed by atoms with Crippen molar-refractivity contribution in [1.29, 1.82) is 0 Å². The summed E-state index contributed by atoms with van der Waals surface area (Å²) in [7, 11) is -2.11. The highest BCUT2D eigenvalue weighted by Gasteiger charge is 2.40. The summed E-state index contributed by atoms with van der Waals surface area (Å²) in [6, 6.07) is -0.0336. The normalized spacial score (nSPS) is 25.5. The van der Waals surface area contributed by atoms with Gasteiger partial charge in [-0.05, 0) is 25.7 Å². The zero-order chi connectivity index (χ0) is 15.5. The van der Waals surface area contributed by atoms with Gasteiger partial charge >= 0.3 is 5.97 Å². The van der Waals surface area contributed by atoms with Crippen LogP contribution < -0.4 is 0 Å². The van der Waals surface area contributed by atoms with Gasteiger partial charge in [0, 0.05) is 6.04 Å². The first-order valence-electron chi connectivity index (χ1n) is 7.54. The van der Waals surface area contributed by atoms with Gasteiger partial charge in [-0.2, -0.15) is 0 Å². The molecule has 0 aromatic carbocycles. The molecule has 0 N–H and O–H groups in total. The predicted molar refractivity (Wildman–Crippen MR) is 77.4 cm³/mol. The quantitative estimate of drug-likeness (QED) is 0.720. The van der Waals surface area contributed by atoms with Gasteiger partial charge in [0.25, 0.3) is 0 Å². The van der Waals surface area contributed by atoms with E-state index in [4.69, 9.17) is 0 Å². The van der Waals surface area contributed by atoms with E-state index < -0.39 is 27.0 Å². The number of sulfone groups is 1.